The predicted molar refractivity (Wildman–Crippen MR) is 76.6 cm³/mol. The number of hydrogen-bond donors (Lipinski definition) is 1. The van der Waals surface area contributed by atoms with Crippen molar-refractivity contribution < 1.29 is 0 Å². The third-order valence-electron chi connectivity index (χ3n) is 5.27. The molecule has 1 saturated heterocycles. The van der Waals surface area contributed by atoms with Crippen LogP contribution in [0.3, 0.4) is 0 Å². The van der Waals surface area contributed by atoms with E-state index in [0.29, 0.717) is 0 Å². The molecule has 2 nitrogen and oxygen atoms in total. The second-order valence-electron chi connectivity index (χ2n) is 6.83. The first kappa shape index (κ1) is 12.7. The zero-order chi connectivity index (χ0) is 12.5. The van der Waals surface area contributed by atoms with Crippen LogP contribution >= 0.6 is 0 Å². The topological polar surface area (TPSA) is 15.3 Å². The van der Waals surface area contributed by atoms with Gasteiger partial charge in [0.05, 0.1) is 0 Å². The second-order valence-corrected chi connectivity index (χ2v) is 6.83. The van der Waals surface area contributed by atoms with Gasteiger partial charge in [-0.3, -0.25) is 0 Å². The summed E-state index contributed by atoms with van der Waals surface area (Å²) in [6, 6.07) is 2.27. The summed E-state index contributed by atoms with van der Waals surface area (Å²) in [4.78, 5) is 2.71. The summed E-state index contributed by atoms with van der Waals surface area (Å²) < 4.78 is 0. The van der Waals surface area contributed by atoms with Crippen LogP contribution in [0.5, 0.6) is 0 Å². The summed E-state index contributed by atoms with van der Waals surface area (Å²) in [5.74, 6) is 1.81. The standard InChI is InChI=1S/C16H28N2/c1-12(2)18-10-13-6-5-7-14(11-18)16(13)17-15-8-3-4-9-15/h3-4,12-17H,5-11H2,1-2H3. The number of fused-ring (bicyclic) bond motifs is 2. The molecule has 3 aliphatic rings. The zero-order valence-electron chi connectivity index (χ0n) is 11.9. The second kappa shape index (κ2) is 5.34. The van der Waals surface area contributed by atoms with Crippen LogP contribution in [0.4, 0.5) is 0 Å². The molecule has 3 rings (SSSR count). The molecule has 18 heavy (non-hydrogen) atoms. The van der Waals surface area contributed by atoms with Crippen molar-refractivity contribution in [1.29, 1.82) is 0 Å². The van der Waals surface area contributed by atoms with E-state index in [9.17, 15) is 0 Å². The predicted octanol–water partition coefficient (Wildman–Crippen LogP) is 2.80. The molecule has 2 bridgehead atoms. The van der Waals surface area contributed by atoms with E-state index in [1.165, 1.54) is 45.2 Å². The van der Waals surface area contributed by atoms with Crippen molar-refractivity contribution in [3.8, 4) is 0 Å². The third-order valence-corrected chi connectivity index (χ3v) is 5.27. The Kier molecular flexibility index (Phi) is 3.76. The Morgan fingerprint density at radius 1 is 1.06 bits per heavy atom. The Hall–Kier alpha value is -0.340. The minimum atomic E-state index is 0.724. The Labute approximate surface area is 112 Å². The van der Waals surface area contributed by atoms with Gasteiger partial charge in [0.15, 0.2) is 0 Å². The molecule has 1 N–H and O–H groups in total. The molecular weight excluding hydrogens is 220 g/mol. The smallest absolute Gasteiger partial charge is 0.0151 e. The van der Waals surface area contributed by atoms with Crippen molar-refractivity contribution in [2.45, 2.75) is 64.1 Å². The first-order valence-corrected chi connectivity index (χ1v) is 7.89. The Balaban J connectivity index is 1.64. The lowest BCUT2D eigenvalue weighted by molar-refractivity contribution is 0.0255. The molecule has 0 aromatic carbocycles. The van der Waals surface area contributed by atoms with Crippen molar-refractivity contribution in [1.82, 2.24) is 10.2 Å². The summed E-state index contributed by atoms with van der Waals surface area (Å²) in [5.41, 5.74) is 0. The lowest BCUT2D eigenvalue weighted by atomic mass is 9.73. The Morgan fingerprint density at radius 3 is 2.22 bits per heavy atom. The van der Waals surface area contributed by atoms with Gasteiger partial charge in [0.1, 0.15) is 0 Å². The fourth-order valence-corrected chi connectivity index (χ4v) is 4.19. The number of rotatable bonds is 3. The van der Waals surface area contributed by atoms with E-state index in [1.54, 1.807) is 0 Å². The number of nitrogens with zero attached hydrogens (tertiary/aromatic N) is 1. The molecule has 0 aromatic rings. The van der Waals surface area contributed by atoms with Gasteiger partial charge < -0.3 is 10.2 Å². The zero-order valence-corrected chi connectivity index (χ0v) is 11.9. The largest absolute Gasteiger partial charge is 0.310 e. The van der Waals surface area contributed by atoms with Crippen LogP contribution < -0.4 is 5.32 Å². The fourth-order valence-electron chi connectivity index (χ4n) is 4.19. The molecular formula is C16H28N2. The van der Waals surface area contributed by atoms with Crippen molar-refractivity contribution in [3.05, 3.63) is 12.2 Å². The first-order chi connectivity index (χ1) is 8.74. The summed E-state index contributed by atoms with van der Waals surface area (Å²) in [6.07, 6.45) is 11.5. The molecule has 0 radical (unpaired) electrons. The van der Waals surface area contributed by atoms with Gasteiger partial charge in [0, 0.05) is 31.2 Å². The van der Waals surface area contributed by atoms with Crippen LogP contribution in [0.15, 0.2) is 12.2 Å². The number of hydrogen-bond acceptors (Lipinski definition) is 2. The average molecular weight is 248 g/mol. The van der Waals surface area contributed by atoms with Gasteiger partial charge in [-0.05, 0) is 51.4 Å². The van der Waals surface area contributed by atoms with Gasteiger partial charge in [-0.25, -0.2) is 0 Å². The highest BCUT2D eigenvalue weighted by Gasteiger charge is 2.40. The lowest BCUT2D eigenvalue weighted by Crippen LogP contribution is -2.59. The van der Waals surface area contributed by atoms with Crippen molar-refractivity contribution >= 4 is 0 Å². The summed E-state index contributed by atoms with van der Waals surface area (Å²) in [7, 11) is 0. The van der Waals surface area contributed by atoms with Crippen LogP contribution in [0, 0.1) is 11.8 Å². The average Bonchev–Trinajstić information content (AvgIpc) is 2.81. The molecule has 1 saturated carbocycles. The molecule has 2 heteroatoms. The van der Waals surface area contributed by atoms with Crippen LogP contribution in [-0.2, 0) is 0 Å². The molecule has 0 amide bonds. The number of nitrogens with one attached hydrogen (secondary N) is 1. The molecule has 2 aliphatic carbocycles. The van der Waals surface area contributed by atoms with Crippen LogP contribution in [0.2, 0.25) is 0 Å². The lowest BCUT2D eigenvalue weighted by Gasteiger charge is -2.49. The fraction of sp³-hybridized carbons (Fsp3) is 0.875. The third kappa shape index (κ3) is 2.50. The van der Waals surface area contributed by atoms with Gasteiger partial charge >= 0.3 is 0 Å². The quantitative estimate of drug-likeness (QED) is 0.773. The highest BCUT2D eigenvalue weighted by atomic mass is 15.2. The van der Waals surface area contributed by atoms with Crippen molar-refractivity contribution in [2.75, 3.05) is 13.1 Å². The normalized spacial score (nSPS) is 37.6. The maximum atomic E-state index is 3.99. The van der Waals surface area contributed by atoms with E-state index in [2.05, 4.69) is 36.2 Å². The van der Waals surface area contributed by atoms with Gasteiger partial charge in [0.2, 0.25) is 0 Å². The SMILES string of the molecule is CC(C)N1CC2CCCC(C1)C2NC1CC=CC1. The molecule has 2 atom stereocenters. The van der Waals surface area contributed by atoms with E-state index in [4.69, 9.17) is 0 Å². The molecule has 1 heterocycles. The molecule has 0 spiro atoms. The van der Waals surface area contributed by atoms with Crippen molar-refractivity contribution in [3.63, 3.8) is 0 Å². The minimum absolute atomic E-state index is 0.724. The van der Waals surface area contributed by atoms with E-state index in [0.717, 1.165) is 30.0 Å². The van der Waals surface area contributed by atoms with Gasteiger partial charge in [0.25, 0.3) is 0 Å². The van der Waals surface area contributed by atoms with E-state index in [-0.39, 0.29) is 0 Å². The monoisotopic (exact) mass is 248 g/mol. The van der Waals surface area contributed by atoms with Gasteiger partial charge in [-0.2, -0.15) is 0 Å². The maximum absolute atomic E-state index is 3.99. The highest BCUT2D eigenvalue weighted by Crippen LogP contribution is 2.36. The van der Waals surface area contributed by atoms with Crippen LogP contribution in [-0.4, -0.2) is 36.1 Å². The highest BCUT2D eigenvalue weighted by molar-refractivity contribution is 5.02. The summed E-state index contributed by atoms with van der Waals surface area (Å²) >= 11 is 0. The molecule has 1 aliphatic heterocycles. The van der Waals surface area contributed by atoms with Gasteiger partial charge in [-0.15, -0.1) is 0 Å². The molecule has 2 unspecified atom stereocenters. The van der Waals surface area contributed by atoms with Crippen LogP contribution in [0.1, 0.15) is 46.0 Å². The van der Waals surface area contributed by atoms with Crippen LogP contribution in [0.25, 0.3) is 0 Å². The number of piperidine rings is 1. The number of likely N-dealkylation sites (tertiary alicyclic amines) is 1. The van der Waals surface area contributed by atoms with E-state index in [1.807, 2.05) is 0 Å². The summed E-state index contributed by atoms with van der Waals surface area (Å²) in [6.45, 7) is 7.35. The first-order valence-electron chi connectivity index (χ1n) is 7.89. The molecule has 2 fully saturated rings. The van der Waals surface area contributed by atoms with Gasteiger partial charge in [-0.1, -0.05) is 18.6 Å². The minimum Gasteiger partial charge on any atom is -0.310 e. The summed E-state index contributed by atoms with van der Waals surface area (Å²) in [5, 5.41) is 3.99. The molecule has 0 aromatic heterocycles. The Morgan fingerprint density at radius 2 is 1.67 bits per heavy atom. The van der Waals surface area contributed by atoms with E-state index < -0.39 is 0 Å². The molecule has 102 valence electrons. The maximum Gasteiger partial charge on any atom is 0.0151 e. The Bertz CT molecular complexity index is 288. The van der Waals surface area contributed by atoms with Crippen molar-refractivity contribution in [2.24, 2.45) is 11.8 Å². The van der Waals surface area contributed by atoms with E-state index >= 15 is 0 Å².